The average Bonchev–Trinajstić information content (AvgIpc) is 2.42. The SMILES string of the molecule is C=C([C@@H](O)[C@H]1COC(C)(C)O1)[Si](C)(C)C. The maximum absolute atomic E-state index is 10.1. The lowest BCUT2D eigenvalue weighted by Crippen LogP contribution is -2.40. The predicted octanol–water partition coefficient (Wildman–Crippen LogP) is 1.93. The lowest BCUT2D eigenvalue weighted by Gasteiger charge is -2.28. The third kappa shape index (κ3) is 3.14. The molecule has 0 spiro atoms. The summed E-state index contributed by atoms with van der Waals surface area (Å²) in [4.78, 5) is 0. The molecule has 1 heterocycles. The van der Waals surface area contributed by atoms with Gasteiger partial charge in [0.05, 0.1) is 20.8 Å². The van der Waals surface area contributed by atoms with Gasteiger partial charge in [0.1, 0.15) is 6.10 Å². The molecule has 0 aromatic heterocycles. The van der Waals surface area contributed by atoms with Gasteiger partial charge in [0.15, 0.2) is 5.79 Å². The molecule has 0 radical (unpaired) electrons. The van der Waals surface area contributed by atoms with Gasteiger partial charge in [-0.1, -0.05) is 24.8 Å². The number of rotatable bonds is 3. The van der Waals surface area contributed by atoms with Gasteiger partial charge in [0.25, 0.3) is 0 Å². The molecule has 0 aliphatic carbocycles. The van der Waals surface area contributed by atoms with E-state index in [-0.39, 0.29) is 6.10 Å². The first-order valence-corrected chi connectivity index (χ1v) is 8.82. The summed E-state index contributed by atoms with van der Waals surface area (Å²) in [6.07, 6.45) is -0.863. The predicted molar refractivity (Wildman–Crippen MR) is 63.4 cm³/mol. The van der Waals surface area contributed by atoms with Crippen molar-refractivity contribution in [3.05, 3.63) is 11.8 Å². The Balaban J connectivity index is 2.63. The van der Waals surface area contributed by atoms with Crippen molar-refractivity contribution in [3.8, 4) is 0 Å². The number of hydrogen-bond donors (Lipinski definition) is 1. The monoisotopic (exact) mass is 230 g/mol. The summed E-state index contributed by atoms with van der Waals surface area (Å²) in [7, 11) is -1.52. The molecule has 0 aromatic carbocycles. The van der Waals surface area contributed by atoms with E-state index in [2.05, 4.69) is 26.2 Å². The van der Waals surface area contributed by atoms with E-state index in [1.54, 1.807) is 0 Å². The van der Waals surface area contributed by atoms with Gasteiger partial charge in [-0.3, -0.25) is 0 Å². The normalized spacial score (nSPS) is 27.7. The van der Waals surface area contributed by atoms with Gasteiger partial charge in [-0.25, -0.2) is 0 Å². The highest BCUT2D eigenvalue weighted by Crippen LogP contribution is 2.28. The Morgan fingerprint density at radius 3 is 2.33 bits per heavy atom. The first-order valence-electron chi connectivity index (χ1n) is 5.32. The van der Waals surface area contributed by atoms with E-state index in [4.69, 9.17) is 9.47 Å². The fourth-order valence-electron chi connectivity index (χ4n) is 1.54. The van der Waals surface area contributed by atoms with Crippen molar-refractivity contribution in [2.45, 2.75) is 51.5 Å². The van der Waals surface area contributed by atoms with Crippen molar-refractivity contribution in [1.82, 2.24) is 0 Å². The minimum atomic E-state index is -1.52. The topological polar surface area (TPSA) is 38.7 Å². The fourth-order valence-corrected chi connectivity index (χ4v) is 2.61. The van der Waals surface area contributed by atoms with E-state index >= 15 is 0 Å². The van der Waals surface area contributed by atoms with Crippen LogP contribution in [0.1, 0.15) is 13.8 Å². The Morgan fingerprint density at radius 2 is 2.00 bits per heavy atom. The Labute approximate surface area is 93.1 Å². The molecule has 0 unspecified atom stereocenters. The zero-order valence-corrected chi connectivity index (χ0v) is 11.3. The minimum absolute atomic E-state index is 0.265. The van der Waals surface area contributed by atoms with Crippen LogP contribution in [0.25, 0.3) is 0 Å². The van der Waals surface area contributed by atoms with Gasteiger partial charge in [-0.2, -0.15) is 0 Å². The molecule has 1 rings (SSSR count). The summed E-state index contributed by atoms with van der Waals surface area (Å²) in [6.45, 7) is 14.7. The largest absolute Gasteiger partial charge is 0.386 e. The van der Waals surface area contributed by atoms with Gasteiger partial charge < -0.3 is 14.6 Å². The molecular weight excluding hydrogens is 208 g/mol. The van der Waals surface area contributed by atoms with Crippen LogP contribution in [0.4, 0.5) is 0 Å². The molecule has 88 valence electrons. The van der Waals surface area contributed by atoms with Gasteiger partial charge in [-0.05, 0) is 13.8 Å². The summed E-state index contributed by atoms with van der Waals surface area (Å²) in [6, 6.07) is 0. The van der Waals surface area contributed by atoms with Crippen LogP contribution in [0.5, 0.6) is 0 Å². The summed E-state index contributed by atoms with van der Waals surface area (Å²) in [5, 5.41) is 11.0. The van der Waals surface area contributed by atoms with Crippen LogP contribution in [0.2, 0.25) is 19.6 Å². The van der Waals surface area contributed by atoms with Crippen molar-refractivity contribution in [1.29, 1.82) is 0 Å². The van der Waals surface area contributed by atoms with Gasteiger partial charge in [0, 0.05) is 0 Å². The van der Waals surface area contributed by atoms with Crippen LogP contribution in [-0.2, 0) is 9.47 Å². The van der Waals surface area contributed by atoms with Crippen LogP contribution < -0.4 is 0 Å². The van der Waals surface area contributed by atoms with Gasteiger partial charge >= 0.3 is 0 Å². The zero-order chi connectivity index (χ0) is 11.9. The van der Waals surface area contributed by atoms with E-state index in [9.17, 15) is 5.11 Å². The van der Waals surface area contributed by atoms with Crippen molar-refractivity contribution < 1.29 is 14.6 Å². The summed E-state index contributed by atoms with van der Waals surface area (Å²) >= 11 is 0. The molecule has 0 saturated carbocycles. The lowest BCUT2D eigenvalue weighted by molar-refractivity contribution is -0.147. The molecule has 1 aliphatic rings. The third-order valence-electron chi connectivity index (χ3n) is 2.70. The summed E-state index contributed by atoms with van der Waals surface area (Å²) < 4.78 is 11.0. The molecule has 0 bridgehead atoms. The second-order valence-electron chi connectivity index (χ2n) is 5.59. The Kier molecular flexibility index (Phi) is 3.45. The van der Waals surface area contributed by atoms with E-state index in [1.165, 1.54) is 0 Å². The lowest BCUT2D eigenvalue weighted by atomic mass is 10.2. The van der Waals surface area contributed by atoms with Crippen molar-refractivity contribution in [2.75, 3.05) is 6.61 Å². The molecule has 1 saturated heterocycles. The number of hydrogen-bond acceptors (Lipinski definition) is 3. The smallest absolute Gasteiger partial charge is 0.163 e. The first kappa shape index (κ1) is 12.9. The Morgan fingerprint density at radius 1 is 1.47 bits per heavy atom. The standard InChI is InChI=1S/C11H22O3Si/c1-8(15(4,5)6)10(12)9-7-13-11(2,3)14-9/h9-10,12H,1,7H2,2-6H3/t9-,10-/m1/s1. The Bertz CT molecular complexity index is 255. The van der Waals surface area contributed by atoms with Crippen LogP contribution >= 0.6 is 0 Å². The first-order chi connectivity index (χ1) is 6.63. The molecule has 1 aliphatic heterocycles. The zero-order valence-electron chi connectivity index (χ0n) is 10.3. The highest BCUT2D eigenvalue weighted by Gasteiger charge is 2.39. The van der Waals surface area contributed by atoms with Crippen molar-refractivity contribution in [2.24, 2.45) is 0 Å². The van der Waals surface area contributed by atoms with E-state index < -0.39 is 20.0 Å². The average molecular weight is 230 g/mol. The van der Waals surface area contributed by atoms with E-state index in [1.807, 2.05) is 13.8 Å². The van der Waals surface area contributed by atoms with Gasteiger partial charge in [0.2, 0.25) is 0 Å². The molecule has 1 fully saturated rings. The maximum Gasteiger partial charge on any atom is 0.163 e. The molecule has 2 atom stereocenters. The molecule has 0 amide bonds. The number of aliphatic hydroxyl groups is 1. The molecule has 3 nitrogen and oxygen atoms in total. The summed E-state index contributed by atoms with van der Waals surface area (Å²) in [5.74, 6) is -0.578. The highest BCUT2D eigenvalue weighted by molar-refractivity contribution is 6.83. The number of ether oxygens (including phenoxy) is 2. The van der Waals surface area contributed by atoms with Crippen LogP contribution in [0.15, 0.2) is 11.8 Å². The van der Waals surface area contributed by atoms with E-state index in [0.29, 0.717) is 6.61 Å². The van der Waals surface area contributed by atoms with Gasteiger partial charge in [-0.15, -0.1) is 6.58 Å². The van der Waals surface area contributed by atoms with Crippen LogP contribution in [-0.4, -0.2) is 37.8 Å². The quantitative estimate of drug-likeness (QED) is 0.753. The number of aliphatic hydroxyl groups excluding tert-OH is 1. The van der Waals surface area contributed by atoms with Crippen molar-refractivity contribution >= 4 is 8.07 Å². The third-order valence-corrected chi connectivity index (χ3v) is 4.93. The second-order valence-corrected chi connectivity index (χ2v) is 10.7. The van der Waals surface area contributed by atoms with E-state index in [0.717, 1.165) is 5.20 Å². The molecular formula is C11H22O3Si. The van der Waals surface area contributed by atoms with Crippen molar-refractivity contribution in [3.63, 3.8) is 0 Å². The highest BCUT2D eigenvalue weighted by atomic mass is 28.3. The molecule has 1 N–H and O–H groups in total. The molecule has 4 heteroatoms. The summed E-state index contributed by atoms with van der Waals surface area (Å²) in [5.41, 5.74) is 0. The molecule has 0 aromatic rings. The minimum Gasteiger partial charge on any atom is -0.386 e. The second kappa shape index (κ2) is 4.01. The Hall–Kier alpha value is -0.163. The van der Waals surface area contributed by atoms with Crippen LogP contribution in [0.3, 0.4) is 0 Å². The maximum atomic E-state index is 10.1. The fraction of sp³-hybridized carbons (Fsp3) is 0.818. The molecule has 15 heavy (non-hydrogen) atoms. The van der Waals surface area contributed by atoms with Crippen LogP contribution in [0, 0.1) is 0 Å².